The average Bonchev–Trinajstić information content (AvgIpc) is 2.41. The smallest absolute Gasteiger partial charge is 0.220 e. The Balaban J connectivity index is 2.46. The molecule has 0 fully saturated rings. The Kier molecular flexibility index (Phi) is 4.54. The van der Waals surface area contributed by atoms with Gasteiger partial charge in [0.1, 0.15) is 6.07 Å². The van der Waals surface area contributed by atoms with E-state index in [-0.39, 0.29) is 5.95 Å². The van der Waals surface area contributed by atoms with Gasteiger partial charge < -0.3 is 5.73 Å². The number of hydrogen-bond donors (Lipinski definition) is 1. The molecule has 0 bridgehead atoms. The van der Waals surface area contributed by atoms with Gasteiger partial charge in [0.15, 0.2) is 0 Å². The molecular formula is C15H15ClN4. The first kappa shape index (κ1) is 14.3. The predicted octanol–water partition coefficient (Wildman–Crippen LogP) is 3.13. The maximum atomic E-state index is 9.36. The van der Waals surface area contributed by atoms with Crippen molar-refractivity contribution in [3.8, 4) is 6.07 Å². The van der Waals surface area contributed by atoms with Crippen molar-refractivity contribution in [2.75, 3.05) is 5.73 Å². The second-order valence-electron chi connectivity index (χ2n) is 4.48. The number of nitriles is 1. The van der Waals surface area contributed by atoms with Crippen molar-refractivity contribution in [1.29, 1.82) is 5.26 Å². The van der Waals surface area contributed by atoms with Crippen LogP contribution in [0.1, 0.15) is 35.9 Å². The molecule has 0 aliphatic heterocycles. The number of aryl methyl sites for hydroxylation is 1. The van der Waals surface area contributed by atoms with Crippen molar-refractivity contribution >= 4 is 17.5 Å². The lowest BCUT2D eigenvalue weighted by molar-refractivity contribution is 0.858. The van der Waals surface area contributed by atoms with E-state index in [1.54, 1.807) is 0 Å². The van der Waals surface area contributed by atoms with E-state index in [0.29, 0.717) is 34.8 Å². The Morgan fingerprint density at radius 1 is 1.25 bits per heavy atom. The molecule has 0 saturated carbocycles. The number of rotatable bonds is 4. The predicted molar refractivity (Wildman–Crippen MR) is 79.4 cm³/mol. The van der Waals surface area contributed by atoms with Crippen LogP contribution in [0.3, 0.4) is 0 Å². The van der Waals surface area contributed by atoms with Gasteiger partial charge in [0.2, 0.25) is 5.95 Å². The minimum absolute atomic E-state index is 0.203. The highest BCUT2D eigenvalue weighted by Gasteiger charge is 2.14. The van der Waals surface area contributed by atoms with Crippen LogP contribution in [0, 0.1) is 11.3 Å². The van der Waals surface area contributed by atoms with Crippen molar-refractivity contribution in [1.82, 2.24) is 9.97 Å². The number of nitrogen functional groups attached to an aromatic ring is 1. The van der Waals surface area contributed by atoms with Gasteiger partial charge in [-0.25, -0.2) is 9.97 Å². The van der Waals surface area contributed by atoms with Crippen LogP contribution in [0.15, 0.2) is 24.3 Å². The maximum Gasteiger partial charge on any atom is 0.220 e. The van der Waals surface area contributed by atoms with Crippen LogP contribution < -0.4 is 5.73 Å². The van der Waals surface area contributed by atoms with Gasteiger partial charge in [-0.1, -0.05) is 43.1 Å². The highest BCUT2D eigenvalue weighted by Crippen LogP contribution is 2.21. The van der Waals surface area contributed by atoms with Gasteiger partial charge in [-0.05, 0) is 18.1 Å². The Labute approximate surface area is 123 Å². The molecule has 4 nitrogen and oxygen atoms in total. The van der Waals surface area contributed by atoms with E-state index in [9.17, 15) is 5.26 Å². The third kappa shape index (κ3) is 3.06. The summed E-state index contributed by atoms with van der Waals surface area (Å²) in [6.07, 6.45) is 2.09. The van der Waals surface area contributed by atoms with Crippen LogP contribution in [0.5, 0.6) is 0 Å². The molecule has 2 rings (SSSR count). The number of anilines is 1. The lowest BCUT2D eigenvalue weighted by atomic mass is 10.0. The fourth-order valence-electron chi connectivity index (χ4n) is 2.08. The highest BCUT2D eigenvalue weighted by molar-refractivity contribution is 6.31. The maximum absolute atomic E-state index is 9.36. The van der Waals surface area contributed by atoms with Gasteiger partial charge >= 0.3 is 0 Å². The van der Waals surface area contributed by atoms with E-state index in [1.807, 2.05) is 31.2 Å². The van der Waals surface area contributed by atoms with Crippen molar-refractivity contribution < 1.29 is 0 Å². The largest absolute Gasteiger partial charge is 0.368 e. The third-order valence-corrected chi connectivity index (χ3v) is 3.36. The zero-order chi connectivity index (χ0) is 14.5. The van der Waals surface area contributed by atoms with Crippen LogP contribution in [0.2, 0.25) is 5.02 Å². The number of benzene rings is 1. The normalized spacial score (nSPS) is 10.2. The number of hydrogen-bond acceptors (Lipinski definition) is 4. The SMILES string of the molecule is CCCc1nc(N)nc(Cc2ccccc2Cl)c1C#N. The molecule has 1 heterocycles. The molecule has 102 valence electrons. The molecule has 2 aromatic rings. The number of halogens is 1. The monoisotopic (exact) mass is 286 g/mol. The number of nitrogens with zero attached hydrogens (tertiary/aromatic N) is 3. The van der Waals surface area contributed by atoms with Crippen molar-refractivity contribution in [3.63, 3.8) is 0 Å². The molecule has 1 aromatic heterocycles. The summed E-state index contributed by atoms with van der Waals surface area (Å²) < 4.78 is 0. The van der Waals surface area contributed by atoms with Crippen LogP contribution in [-0.4, -0.2) is 9.97 Å². The Morgan fingerprint density at radius 2 is 1.95 bits per heavy atom. The minimum Gasteiger partial charge on any atom is -0.368 e. The van der Waals surface area contributed by atoms with Gasteiger partial charge in [-0.3, -0.25) is 0 Å². The second-order valence-corrected chi connectivity index (χ2v) is 4.89. The van der Waals surface area contributed by atoms with E-state index in [2.05, 4.69) is 16.0 Å². The first-order chi connectivity index (χ1) is 9.65. The molecule has 5 heteroatoms. The van der Waals surface area contributed by atoms with Crippen LogP contribution in [0.4, 0.5) is 5.95 Å². The first-order valence-corrected chi connectivity index (χ1v) is 6.82. The number of aromatic nitrogens is 2. The molecule has 0 unspecified atom stereocenters. The number of nitrogens with two attached hydrogens (primary N) is 1. The highest BCUT2D eigenvalue weighted by atomic mass is 35.5. The van der Waals surface area contributed by atoms with Gasteiger partial charge in [0, 0.05) is 11.4 Å². The van der Waals surface area contributed by atoms with E-state index >= 15 is 0 Å². The summed E-state index contributed by atoms with van der Waals surface area (Å²) in [5, 5.41) is 10.0. The molecule has 0 saturated heterocycles. The van der Waals surface area contributed by atoms with E-state index in [0.717, 1.165) is 12.0 Å². The van der Waals surface area contributed by atoms with Gasteiger partial charge in [0.05, 0.1) is 17.0 Å². The molecule has 1 aromatic carbocycles. The minimum atomic E-state index is 0.203. The quantitative estimate of drug-likeness (QED) is 0.937. The topological polar surface area (TPSA) is 75.6 Å². The fraction of sp³-hybridized carbons (Fsp3) is 0.267. The molecule has 0 amide bonds. The third-order valence-electron chi connectivity index (χ3n) is 2.99. The van der Waals surface area contributed by atoms with Crippen LogP contribution in [-0.2, 0) is 12.8 Å². The van der Waals surface area contributed by atoms with Crippen LogP contribution >= 0.6 is 11.6 Å². The van der Waals surface area contributed by atoms with Crippen molar-refractivity contribution in [2.24, 2.45) is 0 Å². The molecule has 0 aliphatic carbocycles. The van der Waals surface area contributed by atoms with Gasteiger partial charge in [0.25, 0.3) is 0 Å². The lowest BCUT2D eigenvalue weighted by Gasteiger charge is -2.09. The summed E-state index contributed by atoms with van der Waals surface area (Å²) in [7, 11) is 0. The molecular weight excluding hydrogens is 272 g/mol. The van der Waals surface area contributed by atoms with Crippen molar-refractivity contribution in [3.05, 3.63) is 51.8 Å². The van der Waals surface area contributed by atoms with Gasteiger partial charge in [-0.2, -0.15) is 5.26 Å². The van der Waals surface area contributed by atoms with E-state index < -0.39 is 0 Å². The summed E-state index contributed by atoms with van der Waals surface area (Å²) in [6.45, 7) is 2.03. The summed E-state index contributed by atoms with van der Waals surface area (Å²) in [4.78, 5) is 8.38. The molecule has 20 heavy (non-hydrogen) atoms. The Morgan fingerprint density at radius 3 is 2.60 bits per heavy atom. The van der Waals surface area contributed by atoms with Gasteiger partial charge in [-0.15, -0.1) is 0 Å². The van der Waals surface area contributed by atoms with E-state index in [4.69, 9.17) is 17.3 Å². The Bertz CT molecular complexity index is 661. The molecule has 0 spiro atoms. The van der Waals surface area contributed by atoms with Crippen LogP contribution in [0.25, 0.3) is 0 Å². The van der Waals surface area contributed by atoms with Crippen molar-refractivity contribution in [2.45, 2.75) is 26.2 Å². The summed E-state index contributed by atoms with van der Waals surface area (Å²) in [5.41, 5.74) is 8.53. The van der Waals surface area contributed by atoms with E-state index in [1.165, 1.54) is 0 Å². The second kappa shape index (κ2) is 6.36. The molecule has 0 aliphatic rings. The molecule has 0 atom stereocenters. The summed E-state index contributed by atoms with van der Waals surface area (Å²) >= 11 is 6.15. The lowest BCUT2D eigenvalue weighted by Crippen LogP contribution is -2.08. The Hall–Kier alpha value is -2.12. The zero-order valence-corrected chi connectivity index (χ0v) is 12.0. The fourth-order valence-corrected chi connectivity index (χ4v) is 2.28. The average molecular weight is 287 g/mol. The summed E-state index contributed by atoms with van der Waals surface area (Å²) in [6, 6.07) is 9.71. The first-order valence-electron chi connectivity index (χ1n) is 6.44. The molecule has 0 radical (unpaired) electrons. The molecule has 2 N–H and O–H groups in total. The summed E-state index contributed by atoms with van der Waals surface area (Å²) in [5.74, 6) is 0.203. The zero-order valence-electron chi connectivity index (χ0n) is 11.2. The standard InChI is InChI=1S/C15H15ClN4/c1-2-5-13-11(9-17)14(20-15(18)19-13)8-10-6-3-4-7-12(10)16/h3-4,6-7H,2,5,8H2,1H3,(H2,18,19,20).